The Balaban J connectivity index is 1.95. The molecule has 0 spiro atoms. The van der Waals surface area contributed by atoms with Gasteiger partial charge in [-0.2, -0.15) is 0 Å². The van der Waals surface area contributed by atoms with Crippen LogP contribution in [-0.4, -0.2) is 12.4 Å². The molecule has 86 valence electrons. The van der Waals surface area contributed by atoms with E-state index in [1.807, 2.05) is 24.3 Å². The SMILES string of the molecule is CC(C)COc1ccc(C(=O)C2CC2)cc1. The molecule has 0 saturated heterocycles. The van der Waals surface area contributed by atoms with E-state index in [0.717, 1.165) is 30.8 Å². The number of Topliss-reactive ketones (excluding diaryl/α,β-unsaturated/α-hetero) is 1. The summed E-state index contributed by atoms with van der Waals surface area (Å²) in [5.41, 5.74) is 0.819. The number of carbonyl (C=O) groups is 1. The van der Waals surface area contributed by atoms with E-state index >= 15 is 0 Å². The van der Waals surface area contributed by atoms with Crippen molar-refractivity contribution in [3.63, 3.8) is 0 Å². The van der Waals surface area contributed by atoms with Gasteiger partial charge in [0.1, 0.15) is 5.75 Å². The van der Waals surface area contributed by atoms with E-state index in [9.17, 15) is 4.79 Å². The molecule has 0 unspecified atom stereocenters. The third kappa shape index (κ3) is 2.84. The van der Waals surface area contributed by atoms with Gasteiger partial charge in [-0.05, 0) is 43.0 Å². The highest BCUT2D eigenvalue weighted by Crippen LogP contribution is 2.32. The lowest BCUT2D eigenvalue weighted by atomic mass is 10.1. The summed E-state index contributed by atoms with van der Waals surface area (Å²) >= 11 is 0. The van der Waals surface area contributed by atoms with Gasteiger partial charge in [0.15, 0.2) is 5.78 Å². The van der Waals surface area contributed by atoms with Gasteiger partial charge in [-0.1, -0.05) is 13.8 Å². The molecule has 0 atom stereocenters. The number of hydrogen-bond donors (Lipinski definition) is 0. The summed E-state index contributed by atoms with van der Waals surface area (Å²) in [7, 11) is 0. The minimum absolute atomic E-state index is 0.287. The minimum Gasteiger partial charge on any atom is -0.493 e. The molecule has 2 rings (SSSR count). The predicted octanol–water partition coefficient (Wildman–Crippen LogP) is 3.31. The van der Waals surface area contributed by atoms with Crippen molar-refractivity contribution in [1.82, 2.24) is 0 Å². The van der Waals surface area contributed by atoms with Crippen LogP contribution in [0.5, 0.6) is 5.75 Å². The molecule has 1 aromatic rings. The van der Waals surface area contributed by atoms with Crippen molar-refractivity contribution in [1.29, 1.82) is 0 Å². The lowest BCUT2D eigenvalue weighted by molar-refractivity contribution is 0.0967. The Kier molecular flexibility index (Phi) is 3.28. The van der Waals surface area contributed by atoms with Crippen LogP contribution in [0.2, 0.25) is 0 Å². The molecule has 2 heteroatoms. The normalized spacial score (nSPS) is 15.2. The van der Waals surface area contributed by atoms with Crippen molar-refractivity contribution in [3.8, 4) is 5.75 Å². The fourth-order valence-electron chi connectivity index (χ4n) is 1.56. The van der Waals surface area contributed by atoms with Gasteiger partial charge in [-0.3, -0.25) is 4.79 Å². The largest absolute Gasteiger partial charge is 0.493 e. The van der Waals surface area contributed by atoms with E-state index < -0.39 is 0 Å². The highest BCUT2D eigenvalue weighted by Gasteiger charge is 2.30. The van der Waals surface area contributed by atoms with Crippen LogP contribution in [0.3, 0.4) is 0 Å². The maximum Gasteiger partial charge on any atom is 0.165 e. The van der Waals surface area contributed by atoms with Gasteiger partial charge in [0.25, 0.3) is 0 Å². The van der Waals surface area contributed by atoms with Crippen molar-refractivity contribution in [2.75, 3.05) is 6.61 Å². The second-order valence-electron chi connectivity index (χ2n) is 4.87. The van der Waals surface area contributed by atoms with E-state index in [1.54, 1.807) is 0 Å². The first kappa shape index (κ1) is 11.2. The molecule has 1 aliphatic rings. The molecule has 0 radical (unpaired) electrons. The Morgan fingerprint density at radius 1 is 1.31 bits per heavy atom. The zero-order valence-corrected chi connectivity index (χ0v) is 9.90. The molecule has 0 N–H and O–H groups in total. The Hall–Kier alpha value is -1.31. The summed E-state index contributed by atoms with van der Waals surface area (Å²) in [5.74, 6) is 1.95. The number of benzene rings is 1. The predicted molar refractivity (Wildman–Crippen MR) is 63.8 cm³/mol. The molecule has 0 bridgehead atoms. The summed E-state index contributed by atoms with van der Waals surface area (Å²) in [5, 5.41) is 0. The molecule has 2 nitrogen and oxygen atoms in total. The van der Waals surface area contributed by atoms with Crippen LogP contribution >= 0.6 is 0 Å². The van der Waals surface area contributed by atoms with Crippen LogP contribution in [0.25, 0.3) is 0 Å². The van der Waals surface area contributed by atoms with Gasteiger partial charge in [-0.15, -0.1) is 0 Å². The number of rotatable bonds is 5. The van der Waals surface area contributed by atoms with E-state index in [4.69, 9.17) is 4.74 Å². The average Bonchev–Trinajstić information content (AvgIpc) is 3.10. The zero-order valence-electron chi connectivity index (χ0n) is 9.90. The fraction of sp³-hybridized carbons (Fsp3) is 0.500. The minimum atomic E-state index is 0.287. The zero-order chi connectivity index (χ0) is 11.5. The number of hydrogen-bond acceptors (Lipinski definition) is 2. The van der Waals surface area contributed by atoms with Gasteiger partial charge in [0.05, 0.1) is 6.61 Å². The van der Waals surface area contributed by atoms with Gasteiger partial charge >= 0.3 is 0 Å². The lowest BCUT2D eigenvalue weighted by Crippen LogP contribution is -2.05. The molecule has 1 fully saturated rings. The highest BCUT2D eigenvalue weighted by atomic mass is 16.5. The Labute approximate surface area is 96.6 Å². The summed E-state index contributed by atoms with van der Waals surface area (Å²) in [6.45, 7) is 4.95. The number of carbonyl (C=O) groups excluding carboxylic acids is 1. The Morgan fingerprint density at radius 2 is 1.94 bits per heavy atom. The maximum absolute atomic E-state index is 11.7. The monoisotopic (exact) mass is 218 g/mol. The molecule has 16 heavy (non-hydrogen) atoms. The first-order valence-corrected chi connectivity index (χ1v) is 5.94. The molecular formula is C14H18O2. The fourth-order valence-corrected chi connectivity index (χ4v) is 1.56. The molecular weight excluding hydrogens is 200 g/mol. The number of ketones is 1. The first-order chi connectivity index (χ1) is 7.66. The third-order valence-corrected chi connectivity index (χ3v) is 2.67. The summed E-state index contributed by atoms with van der Waals surface area (Å²) < 4.78 is 5.57. The van der Waals surface area contributed by atoms with Crippen LogP contribution in [0, 0.1) is 11.8 Å². The van der Waals surface area contributed by atoms with E-state index in [-0.39, 0.29) is 5.78 Å². The molecule has 1 aromatic carbocycles. The lowest BCUT2D eigenvalue weighted by Gasteiger charge is -2.08. The molecule has 0 aromatic heterocycles. The van der Waals surface area contributed by atoms with Crippen LogP contribution < -0.4 is 4.74 Å². The first-order valence-electron chi connectivity index (χ1n) is 5.94. The molecule has 1 saturated carbocycles. The Morgan fingerprint density at radius 3 is 2.44 bits per heavy atom. The van der Waals surface area contributed by atoms with Crippen molar-refractivity contribution in [3.05, 3.63) is 29.8 Å². The molecule has 1 aliphatic carbocycles. The van der Waals surface area contributed by atoms with Gasteiger partial charge in [0, 0.05) is 11.5 Å². The van der Waals surface area contributed by atoms with E-state index in [0.29, 0.717) is 11.8 Å². The molecule has 0 heterocycles. The van der Waals surface area contributed by atoms with Crippen molar-refractivity contribution in [2.24, 2.45) is 11.8 Å². The van der Waals surface area contributed by atoms with Crippen LogP contribution in [0.15, 0.2) is 24.3 Å². The van der Waals surface area contributed by atoms with Crippen LogP contribution in [-0.2, 0) is 0 Å². The van der Waals surface area contributed by atoms with Crippen LogP contribution in [0.1, 0.15) is 37.0 Å². The second-order valence-corrected chi connectivity index (χ2v) is 4.87. The average molecular weight is 218 g/mol. The van der Waals surface area contributed by atoms with E-state index in [1.165, 1.54) is 0 Å². The number of ether oxygens (including phenoxy) is 1. The molecule has 0 aliphatic heterocycles. The maximum atomic E-state index is 11.7. The van der Waals surface area contributed by atoms with E-state index in [2.05, 4.69) is 13.8 Å². The van der Waals surface area contributed by atoms with Gasteiger partial charge < -0.3 is 4.74 Å². The summed E-state index contributed by atoms with van der Waals surface area (Å²) in [4.78, 5) is 11.7. The quantitative estimate of drug-likeness (QED) is 0.709. The smallest absolute Gasteiger partial charge is 0.165 e. The third-order valence-electron chi connectivity index (χ3n) is 2.67. The highest BCUT2D eigenvalue weighted by molar-refractivity contribution is 5.99. The van der Waals surface area contributed by atoms with Crippen molar-refractivity contribution in [2.45, 2.75) is 26.7 Å². The van der Waals surface area contributed by atoms with Gasteiger partial charge in [-0.25, -0.2) is 0 Å². The van der Waals surface area contributed by atoms with Crippen molar-refractivity contribution >= 4 is 5.78 Å². The second kappa shape index (κ2) is 4.69. The molecule has 0 amide bonds. The van der Waals surface area contributed by atoms with Crippen LogP contribution in [0.4, 0.5) is 0 Å². The van der Waals surface area contributed by atoms with Gasteiger partial charge in [0.2, 0.25) is 0 Å². The summed E-state index contributed by atoms with van der Waals surface area (Å²) in [6.07, 6.45) is 2.12. The topological polar surface area (TPSA) is 26.3 Å². The standard InChI is InChI=1S/C14H18O2/c1-10(2)9-16-13-7-5-12(6-8-13)14(15)11-3-4-11/h5-8,10-11H,3-4,9H2,1-2H3. The summed E-state index contributed by atoms with van der Waals surface area (Å²) in [6, 6.07) is 7.52. The van der Waals surface area contributed by atoms with Crippen molar-refractivity contribution < 1.29 is 9.53 Å². The Bertz CT molecular complexity index is 361.